The molecule has 24 heavy (non-hydrogen) atoms. The van der Waals surface area contributed by atoms with E-state index in [4.69, 9.17) is 10.00 Å². The number of aryl methyl sites for hydroxylation is 2. The summed E-state index contributed by atoms with van der Waals surface area (Å²) in [6.45, 7) is 5.46. The first-order valence-corrected chi connectivity index (χ1v) is 8.62. The number of nitrogens with one attached hydrogen (secondary N) is 1. The Morgan fingerprint density at radius 1 is 1.50 bits per heavy atom. The van der Waals surface area contributed by atoms with Gasteiger partial charge in [0.05, 0.1) is 5.69 Å². The molecule has 6 heteroatoms. The fourth-order valence-corrected chi connectivity index (χ4v) is 3.47. The molecule has 0 aromatic carbocycles. The number of nitrogens with zero attached hydrogens (tertiary/aromatic N) is 4. The summed E-state index contributed by atoms with van der Waals surface area (Å²) in [4.78, 5) is 0. The van der Waals surface area contributed by atoms with E-state index in [1.807, 2.05) is 34.8 Å². The molecule has 1 N–H and O–H groups in total. The summed E-state index contributed by atoms with van der Waals surface area (Å²) in [7, 11) is 1.90. The molecule has 1 aliphatic heterocycles. The molecule has 3 heterocycles. The van der Waals surface area contributed by atoms with Gasteiger partial charge in [0, 0.05) is 51.6 Å². The van der Waals surface area contributed by atoms with Crippen LogP contribution in [0, 0.1) is 17.2 Å². The van der Waals surface area contributed by atoms with Crippen molar-refractivity contribution in [3.63, 3.8) is 0 Å². The molecule has 0 amide bonds. The van der Waals surface area contributed by atoms with Crippen LogP contribution in [0.3, 0.4) is 0 Å². The maximum Gasteiger partial charge on any atom is 0.120 e. The molecule has 6 nitrogen and oxygen atoms in total. The zero-order valence-corrected chi connectivity index (χ0v) is 14.4. The van der Waals surface area contributed by atoms with E-state index >= 15 is 0 Å². The van der Waals surface area contributed by atoms with E-state index < -0.39 is 0 Å². The molecule has 1 aliphatic rings. The minimum atomic E-state index is 0.110. The van der Waals surface area contributed by atoms with Gasteiger partial charge in [0.2, 0.25) is 0 Å². The van der Waals surface area contributed by atoms with Gasteiger partial charge in [-0.25, -0.2) is 0 Å². The predicted molar refractivity (Wildman–Crippen MR) is 91.2 cm³/mol. The average molecular weight is 327 g/mol. The Labute approximate surface area is 143 Å². The molecule has 3 rings (SSSR count). The highest BCUT2D eigenvalue weighted by Crippen LogP contribution is 2.33. The predicted octanol–water partition coefficient (Wildman–Crippen LogP) is 2.37. The van der Waals surface area contributed by atoms with Crippen molar-refractivity contribution in [1.29, 1.82) is 5.26 Å². The van der Waals surface area contributed by atoms with Gasteiger partial charge < -0.3 is 14.6 Å². The average Bonchev–Trinajstić information content (AvgIpc) is 3.21. The van der Waals surface area contributed by atoms with Gasteiger partial charge in [0.25, 0.3) is 0 Å². The Bertz CT molecular complexity index is 711. The first kappa shape index (κ1) is 16.7. The zero-order valence-electron chi connectivity index (χ0n) is 14.4. The van der Waals surface area contributed by atoms with Gasteiger partial charge in [-0.3, -0.25) is 4.68 Å². The lowest BCUT2D eigenvalue weighted by Gasteiger charge is -2.32. The first-order valence-electron chi connectivity index (χ1n) is 8.62. The van der Waals surface area contributed by atoms with Gasteiger partial charge >= 0.3 is 0 Å². The third-order valence-electron chi connectivity index (χ3n) is 4.70. The molecular formula is C18H25N5O. The normalized spacial score (nSPS) is 20.9. The Balaban J connectivity index is 1.61. The second-order valence-electron chi connectivity index (χ2n) is 6.35. The Morgan fingerprint density at radius 2 is 2.38 bits per heavy atom. The minimum Gasteiger partial charge on any atom is -0.372 e. The lowest BCUT2D eigenvalue weighted by atomic mass is 9.92. The maximum atomic E-state index is 9.03. The van der Waals surface area contributed by atoms with Crippen LogP contribution in [0.5, 0.6) is 0 Å². The van der Waals surface area contributed by atoms with Crippen LogP contribution in [0.1, 0.15) is 42.8 Å². The summed E-state index contributed by atoms with van der Waals surface area (Å²) in [5, 5.41) is 16.9. The van der Waals surface area contributed by atoms with Crippen LogP contribution in [-0.4, -0.2) is 27.5 Å². The van der Waals surface area contributed by atoms with Crippen molar-refractivity contribution in [3.8, 4) is 6.07 Å². The van der Waals surface area contributed by atoms with Crippen molar-refractivity contribution in [3.05, 3.63) is 41.5 Å². The number of hydrogen-bond acceptors (Lipinski definition) is 4. The van der Waals surface area contributed by atoms with Crippen molar-refractivity contribution in [2.24, 2.45) is 13.0 Å². The Hall–Kier alpha value is -2.10. The summed E-state index contributed by atoms with van der Waals surface area (Å²) in [5.74, 6) is 0.444. The van der Waals surface area contributed by atoms with E-state index in [1.54, 1.807) is 0 Å². The number of nitriles is 1. The number of hydrogen-bond donors (Lipinski definition) is 1. The number of ether oxygens (including phenoxy) is 1. The van der Waals surface area contributed by atoms with Gasteiger partial charge in [-0.15, -0.1) is 0 Å². The topological polar surface area (TPSA) is 67.8 Å². The van der Waals surface area contributed by atoms with Crippen molar-refractivity contribution in [2.45, 2.75) is 39.0 Å². The molecule has 0 saturated carbocycles. The van der Waals surface area contributed by atoms with E-state index in [2.05, 4.69) is 29.5 Å². The molecule has 0 radical (unpaired) electrons. The quantitative estimate of drug-likeness (QED) is 0.884. The molecule has 0 aliphatic carbocycles. The van der Waals surface area contributed by atoms with Crippen LogP contribution < -0.4 is 5.32 Å². The van der Waals surface area contributed by atoms with Crippen molar-refractivity contribution in [1.82, 2.24) is 19.7 Å². The largest absolute Gasteiger partial charge is 0.372 e. The van der Waals surface area contributed by atoms with Gasteiger partial charge in [0.15, 0.2) is 0 Å². The van der Waals surface area contributed by atoms with E-state index in [1.165, 1.54) is 5.69 Å². The van der Waals surface area contributed by atoms with E-state index in [-0.39, 0.29) is 6.10 Å². The smallest absolute Gasteiger partial charge is 0.120 e. The van der Waals surface area contributed by atoms with Crippen LogP contribution >= 0.6 is 0 Å². The summed E-state index contributed by atoms with van der Waals surface area (Å²) in [6, 6.07) is 6.21. The zero-order chi connectivity index (χ0) is 16.9. The molecule has 0 unspecified atom stereocenters. The maximum absolute atomic E-state index is 9.03. The van der Waals surface area contributed by atoms with Gasteiger partial charge in [-0.2, -0.15) is 10.4 Å². The first-order chi connectivity index (χ1) is 11.7. The van der Waals surface area contributed by atoms with Crippen LogP contribution in [0.25, 0.3) is 0 Å². The molecule has 2 atom stereocenters. The van der Waals surface area contributed by atoms with Gasteiger partial charge in [-0.1, -0.05) is 0 Å². The highest BCUT2D eigenvalue weighted by Gasteiger charge is 2.29. The molecule has 2 aromatic rings. The number of rotatable bonds is 6. The van der Waals surface area contributed by atoms with Crippen LogP contribution in [0.4, 0.5) is 0 Å². The van der Waals surface area contributed by atoms with Crippen molar-refractivity contribution < 1.29 is 4.74 Å². The third kappa shape index (κ3) is 3.53. The fraction of sp³-hybridized carbons (Fsp3) is 0.556. The Kier molecular flexibility index (Phi) is 5.34. The van der Waals surface area contributed by atoms with E-state index in [9.17, 15) is 0 Å². The lowest BCUT2D eigenvalue weighted by Crippen LogP contribution is -2.32. The van der Waals surface area contributed by atoms with Crippen LogP contribution in [0.15, 0.2) is 24.5 Å². The highest BCUT2D eigenvalue weighted by molar-refractivity contribution is 5.28. The second kappa shape index (κ2) is 7.65. The summed E-state index contributed by atoms with van der Waals surface area (Å²) in [6.07, 6.45) is 6.23. The van der Waals surface area contributed by atoms with Crippen LogP contribution in [0.2, 0.25) is 0 Å². The lowest BCUT2D eigenvalue weighted by molar-refractivity contribution is -0.0327. The summed E-state index contributed by atoms with van der Waals surface area (Å²) in [5.41, 5.74) is 3.01. The SMILES string of the molecule is CCn1nccc1[C@@H]1OCCC[C@H]1CNCc1cc(C#N)n(C)c1. The van der Waals surface area contributed by atoms with Crippen LogP contribution in [-0.2, 0) is 24.9 Å². The number of aromatic nitrogens is 3. The van der Waals surface area contributed by atoms with E-state index in [0.717, 1.165) is 44.6 Å². The van der Waals surface area contributed by atoms with E-state index in [0.29, 0.717) is 11.6 Å². The minimum absolute atomic E-state index is 0.110. The van der Waals surface area contributed by atoms with Crippen molar-refractivity contribution >= 4 is 0 Å². The summed E-state index contributed by atoms with van der Waals surface area (Å²) >= 11 is 0. The standard InChI is InChI=1S/C18H25N5O/c1-3-23-17(6-7-21-23)18-15(5-4-8-24-18)12-20-11-14-9-16(10-19)22(2)13-14/h6-7,9,13,15,18,20H,3-5,8,11-12H2,1-2H3/t15-,18+/m0/s1. The third-order valence-corrected chi connectivity index (χ3v) is 4.70. The summed E-state index contributed by atoms with van der Waals surface area (Å²) < 4.78 is 9.96. The molecule has 1 fully saturated rings. The molecule has 0 bridgehead atoms. The molecular weight excluding hydrogens is 302 g/mol. The fourth-order valence-electron chi connectivity index (χ4n) is 3.47. The Morgan fingerprint density at radius 3 is 3.12 bits per heavy atom. The monoisotopic (exact) mass is 327 g/mol. The molecule has 128 valence electrons. The van der Waals surface area contributed by atoms with Crippen molar-refractivity contribution in [2.75, 3.05) is 13.2 Å². The highest BCUT2D eigenvalue weighted by atomic mass is 16.5. The second-order valence-corrected chi connectivity index (χ2v) is 6.35. The molecule has 1 saturated heterocycles. The molecule has 2 aromatic heterocycles. The van der Waals surface area contributed by atoms with Gasteiger partial charge in [-0.05, 0) is 37.5 Å². The molecule has 0 spiro atoms. The van der Waals surface area contributed by atoms with Gasteiger partial charge in [0.1, 0.15) is 17.9 Å².